The highest BCUT2D eigenvalue weighted by Gasteiger charge is 2.30. The maximum absolute atomic E-state index is 11.1. The van der Waals surface area contributed by atoms with Gasteiger partial charge in [-0.2, -0.15) is 9.97 Å². The van der Waals surface area contributed by atoms with Gasteiger partial charge >= 0.3 is 0 Å². The Balaban J connectivity index is 0.000000210. The number of carbonyl (C=O) groups excluding carboxylic acids is 1. The summed E-state index contributed by atoms with van der Waals surface area (Å²) in [5.41, 5.74) is 6.96. The molecule has 0 aromatic carbocycles. The third-order valence-corrected chi connectivity index (χ3v) is 6.93. The topological polar surface area (TPSA) is 144 Å². The minimum absolute atomic E-state index is 0.114. The van der Waals surface area contributed by atoms with Crippen LogP contribution < -0.4 is 20.5 Å². The van der Waals surface area contributed by atoms with Gasteiger partial charge < -0.3 is 29.4 Å². The molecule has 1 fully saturated rings. The van der Waals surface area contributed by atoms with Gasteiger partial charge in [0.25, 0.3) is 0 Å². The molecule has 39 heavy (non-hydrogen) atoms. The zero-order valence-electron chi connectivity index (χ0n) is 25.0. The Morgan fingerprint density at radius 2 is 1.28 bits per heavy atom. The number of aryl methyl sites for hydroxylation is 2. The van der Waals surface area contributed by atoms with Gasteiger partial charge in [-0.25, -0.2) is 9.97 Å². The standard InChI is InChI=1S/C10H13N3O2.C10H22O2Si2.C6H9N3O/c1-6-5-9(15-2)13-10(11-6)12-7-3-4-8(7)14;1-13(2,3)11-9-7-8-10(9)12-14(4,5)6;1-4-3-5(10-2)9-6(7)8-4/h5,7H,3-4H2,1-2H3,(H,11,12,13);7-8H2,1-6H3;3H,1-2H3,(H2,7,8,9). The summed E-state index contributed by atoms with van der Waals surface area (Å²) in [7, 11) is 0.239. The van der Waals surface area contributed by atoms with Gasteiger partial charge in [-0.05, 0) is 59.6 Å². The molecule has 0 radical (unpaired) electrons. The molecule has 1 atom stereocenters. The van der Waals surface area contributed by atoms with E-state index in [1.165, 1.54) is 0 Å². The Labute approximate surface area is 234 Å². The van der Waals surface area contributed by atoms with Gasteiger partial charge in [-0.3, -0.25) is 4.79 Å². The number of nitrogens with one attached hydrogen (secondary N) is 1. The van der Waals surface area contributed by atoms with Crippen LogP contribution in [0, 0.1) is 13.8 Å². The van der Waals surface area contributed by atoms with Crippen LogP contribution in [0.4, 0.5) is 11.9 Å². The van der Waals surface area contributed by atoms with Gasteiger partial charge in [-0.1, -0.05) is 0 Å². The molecular weight excluding hydrogens is 532 g/mol. The molecule has 2 heterocycles. The van der Waals surface area contributed by atoms with E-state index in [9.17, 15) is 4.79 Å². The van der Waals surface area contributed by atoms with Crippen LogP contribution >= 0.6 is 0 Å². The second kappa shape index (κ2) is 13.7. The molecule has 0 saturated heterocycles. The minimum Gasteiger partial charge on any atom is -0.545 e. The van der Waals surface area contributed by atoms with Crippen molar-refractivity contribution in [2.75, 3.05) is 25.3 Å². The monoisotopic (exact) mass is 576 g/mol. The lowest BCUT2D eigenvalue weighted by molar-refractivity contribution is -0.124. The summed E-state index contributed by atoms with van der Waals surface area (Å²) in [6, 6.07) is 3.35. The molecule has 4 rings (SSSR count). The Bertz CT molecular complexity index is 1120. The number of hydrogen-bond donors (Lipinski definition) is 2. The first-order chi connectivity index (χ1) is 18.1. The number of ether oxygens (including phenoxy) is 2. The van der Waals surface area contributed by atoms with Crippen LogP contribution in [0.15, 0.2) is 23.7 Å². The van der Waals surface area contributed by atoms with Gasteiger partial charge in [0.2, 0.25) is 40.3 Å². The maximum Gasteiger partial charge on any atom is 0.241 e. The van der Waals surface area contributed by atoms with Gasteiger partial charge in [0.15, 0.2) is 5.78 Å². The Hall–Kier alpha value is -3.20. The molecule has 0 aliphatic heterocycles. The number of methoxy groups -OCH3 is 2. The number of nitrogen functional groups attached to an aromatic ring is 1. The Kier molecular flexibility index (Phi) is 11.3. The summed E-state index contributed by atoms with van der Waals surface area (Å²) in [5, 5.41) is 2.99. The van der Waals surface area contributed by atoms with E-state index in [4.69, 9.17) is 24.1 Å². The molecule has 2 aliphatic rings. The molecule has 216 valence electrons. The Morgan fingerprint density at radius 1 is 0.795 bits per heavy atom. The maximum atomic E-state index is 11.1. The van der Waals surface area contributed by atoms with Crippen molar-refractivity contribution < 1.29 is 23.1 Å². The third kappa shape index (κ3) is 11.6. The first kappa shape index (κ1) is 32.0. The highest BCUT2D eigenvalue weighted by Crippen LogP contribution is 2.33. The third-order valence-electron chi connectivity index (χ3n) is 5.22. The number of ketones is 1. The van der Waals surface area contributed by atoms with E-state index in [0.29, 0.717) is 24.1 Å². The lowest BCUT2D eigenvalue weighted by Gasteiger charge is -2.33. The lowest BCUT2D eigenvalue weighted by atomic mass is 9.91. The van der Waals surface area contributed by atoms with Crippen molar-refractivity contribution in [3.63, 3.8) is 0 Å². The minimum atomic E-state index is -1.43. The summed E-state index contributed by atoms with van der Waals surface area (Å²) in [5.74, 6) is 4.21. The van der Waals surface area contributed by atoms with Crippen LogP contribution in [-0.4, -0.2) is 62.6 Å². The molecule has 0 spiro atoms. The average Bonchev–Trinajstić information content (AvgIpc) is 2.82. The molecule has 1 saturated carbocycles. The fraction of sp³-hybridized carbons (Fsp3) is 0.577. The van der Waals surface area contributed by atoms with Crippen LogP contribution in [0.5, 0.6) is 11.8 Å². The van der Waals surface area contributed by atoms with Crippen LogP contribution in [0.2, 0.25) is 39.3 Å². The summed E-state index contributed by atoms with van der Waals surface area (Å²) >= 11 is 0. The number of aromatic nitrogens is 4. The molecule has 11 nitrogen and oxygen atoms in total. The highest BCUT2D eigenvalue weighted by atomic mass is 28.4. The second-order valence-corrected chi connectivity index (χ2v) is 20.1. The molecule has 2 aromatic rings. The smallest absolute Gasteiger partial charge is 0.241 e. The van der Waals surface area contributed by atoms with E-state index in [1.807, 2.05) is 13.8 Å². The average molecular weight is 577 g/mol. The predicted molar refractivity (Wildman–Crippen MR) is 158 cm³/mol. The fourth-order valence-electron chi connectivity index (χ4n) is 3.37. The first-order valence-corrected chi connectivity index (χ1v) is 19.8. The SMILES string of the molecule is COc1cc(C)nc(N)n1.COc1cc(C)nc(NC2CCC2=O)n1.C[Si](C)(C)OC1=C(O[Si](C)(C)C)CC1. The largest absolute Gasteiger partial charge is 0.545 e. The van der Waals surface area contributed by atoms with Crippen molar-refractivity contribution >= 4 is 34.3 Å². The van der Waals surface area contributed by atoms with Crippen LogP contribution in [0.3, 0.4) is 0 Å². The van der Waals surface area contributed by atoms with Crippen molar-refractivity contribution in [1.82, 2.24) is 19.9 Å². The van der Waals surface area contributed by atoms with E-state index >= 15 is 0 Å². The Morgan fingerprint density at radius 3 is 1.64 bits per heavy atom. The van der Waals surface area contributed by atoms with E-state index in [1.54, 1.807) is 26.4 Å². The van der Waals surface area contributed by atoms with Gasteiger partial charge in [0, 0.05) is 42.8 Å². The van der Waals surface area contributed by atoms with E-state index in [2.05, 4.69) is 64.5 Å². The number of hydrogen-bond acceptors (Lipinski definition) is 11. The second-order valence-electron chi connectivity index (χ2n) is 11.3. The molecule has 13 heteroatoms. The fourth-order valence-corrected chi connectivity index (χ4v) is 5.28. The van der Waals surface area contributed by atoms with Crippen molar-refractivity contribution in [2.45, 2.75) is 84.9 Å². The number of allylic oxidation sites excluding steroid dienone is 2. The highest BCUT2D eigenvalue weighted by molar-refractivity contribution is 6.70. The first-order valence-electron chi connectivity index (χ1n) is 13.0. The molecule has 0 bridgehead atoms. The number of Topliss-reactive ketones (excluding diaryl/α,β-unsaturated/α-hetero) is 1. The predicted octanol–water partition coefficient (Wildman–Crippen LogP) is 5.01. The van der Waals surface area contributed by atoms with E-state index in [0.717, 1.165) is 42.2 Å². The van der Waals surface area contributed by atoms with Crippen LogP contribution in [0.1, 0.15) is 37.1 Å². The zero-order valence-corrected chi connectivity index (χ0v) is 27.0. The number of rotatable bonds is 8. The quantitative estimate of drug-likeness (QED) is 0.409. The van der Waals surface area contributed by atoms with Crippen LogP contribution in [0.25, 0.3) is 0 Å². The number of anilines is 2. The number of nitrogens with zero attached hydrogens (tertiary/aromatic N) is 4. The van der Waals surface area contributed by atoms with Crippen molar-refractivity contribution in [3.05, 3.63) is 35.0 Å². The van der Waals surface area contributed by atoms with Crippen molar-refractivity contribution in [3.8, 4) is 11.8 Å². The molecule has 0 amide bonds. The number of carbonyl (C=O) groups is 1. The van der Waals surface area contributed by atoms with Gasteiger partial charge in [0.05, 0.1) is 20.3 Å². The van der Waals surface area contributed by atoms with Gasteiger partial charge in [-0.15, -0.1) is 0 Å². The summed E-state index contributed by atoms with van der Waals surface area (Å²) in [4.78, 5) is 27.1. The summed E-state index contributed by atoms with van der Waals surface area (Å²) in [6.07, 6.45) is 3.66. The zero-order chi connectivity index (χ0) is 29.4. The van der Waals surface area contributed by atoms with Gasteiger partial charge in [0.1, 0.15) is 11.5 Å². The van der Waals surface area contributed by atoms with Crippen LogP contribution in [-0.2, 0) is 13.6 Å². The molecular formula is C26H44N6O5Si2. The molecule has 2 aliphatic carbocycles. The molecule has 1 unspecified atom stereocenters. The molecule has 3 N–H and O–H groups in total. The van der Waals surface area contributed by atoms with E-state index in [-0.39, 0.29) is 17.8 Å². The summed E-state index contributed by atoms with van der Waals surface area (Å²) in [6.45, 7) is 17.0. The normalized spacial score (nSPS) is 16.4. The van der Waals surface area contributed by atoms with Crippen molar-refractivity contribution in [2.24, 2.45) is 0 Å². The lowest BCUT2D eigenvalue weighted by Crippen LogP contribution is -2.39. The number of nitrogens with two attached hydrogens (primary N) is 1. The van der Waals surface area contributed by atoms with Crippen molar-refractivity contribution in [1.29, 1.82) is 0 Å². The summed E-state index contributed by atoms with van der Waals surface area (Å²) < 4.78 is 21.8. The van der Waals surface area contributed by atoms with E-state index < -0.39 is 16.6 Å². The molecule has 2 aromatic heterocycles.